The maximum absolute atomic E-state index is 12.7. The number of aliphatic carboxylic acids is 1. The first-order valence-electron chi connectivity index (χ1n) is 8.08. The number of amides is 1. The lowest BCUT2D eigenvalue weighted by Gasteiger charge is -2.35. The zero-order valence-electron chi connectivity index (χ0n) is 13.7. The van der Waals surface area contributed by atoms with Crippen LogP contribution in [0.3, 0.4) is 0 Å². The second-order valence-electron chi connectivity index (χ2n) is 6.29. The highest BCUT2D eigenvalue weighted by atomic mass is 16.5. The minimum atomic E-state index is -0.877. The van der Waals surface area contributed by atoms with Crippen molar-refractivity contribution in [3.8, 4) is 5.75 Å². The molecule has 1 fully saturated rings. The summed E-state index contributed by atoms with van der Waals surface area (Å²) in [5.41, 5.74) is 1.06. The number of hydrogen-bond donors (Lipinski definition) is 1. The number of likely N-dealkylation sites (N-methyl/N-ethyl adjacent to an activating group) is 1. The fourth-order valence-corrected chi connectivity index (χ4v) is 3.20. The number of fused-ring (bicyclic) bond motifs is 1. The molecule has 2 aliphatic rings. The summed E-state index contributed by atoms with van der Waals surface area (Å²) in [7, 11) is 1.73. The fourth-order valence-electron chi connectivity index (χ4n) is 3.20. The number of nitrogens with zero attached hydrogens (tertiary/aromatic N) is 2. The molecule has 2 atom stereocenters. The summed E-state index contributed by atoms with van der Waals surface area (Å²) in [4.78, 5) is 26.9. The molecule has 0 aromatic heterocycles. The van der Waals surface area contributed by atoms with E-state index in [0.29, 0.717) is 32.7 Å². The topological polar surface area (TPSA) is 79.3 Å². The number of rotatable bonds is 5. The van der Waals surface area contributed by atoms with Gasteiger partial charge in [-0.15, -0.1) is 0 Å². The summed E-state index contributed by atoms with van der Waals surface area (Å²) in [5, 5.41) is 8.82. The molecular weight excluding hydrogens is 312 g/mol. The smallest absolute Gasteiger partial charge is 0.317 e. The molecule has 1 aromatic rings. The summed E-state index contributed by atoms with van der Waals surface area (Å²) in [6.07, 6.45) is -0.0654. The molecule has 0 spiro atoms. The predicted molar refractivity (Wildman–Crippen MR) is 86.0 cm³/mol. The van der Waals surface area contributed by atoms with Crippen LogP contribution in [0.25, 0.3) is 0 Å². The molecular formula is C17H22N2O5. The van der Waals surface area contributed by atoms with Crippen LogP contribution in [0.2, 0.25) is 0 Å². The summed E-state index contributed by atoms with van der Waals surface area (Å²) >= 11 is 0. The lowest BCUT2D eigenvalue weighted by molar-refractivity contribution is -0.147. The van der Waals surface area contributed by atoms with Crippen LogP contribution in [0.4, 0.5) is 0 Å². The van der Waals surface area contributed by atoms with E-state index in [4.69, 9.17) is 14.6 Å². The number of para-hydroxylation sites is 1. The van der Waals surface area contributed by atoms with Gasteiger partial charge in [-0.1, -0.05) is 18.2 Å². The van der Waals surface area contributed by atoms with E-state index in [0.717, 1.165) is 11.3 Å². The van der Waals surface area contributed by atoms with E-state index in [9.17, 15) is 9.59 Å². The van der Waals surface area contributed by atoms with Crippen LogP contribution < -0.4 is 4.74 Å². The van der Waals surface area contributed by atoms with E-state index in [1.807, 2.05) is 24.3 Å². The molecule has 2 unspecified atom stereocenters. The van der Waals surface area contributed by atoms with Gasteiger partial charge in [0.25, 0.3) is 5.91 Å². The average molecular weight is 334 g/mol. The van der Waals surface area contributed by atoms with E-state index < -0.39 is 12.1 Å². The molecule has 1 saturated heterocycles. The Morgan fingerprint density at radius 2 is 2.17 bits per heavy atom. The standard InChI is InChI=1S/C17H22N2O5/c1-18(11-16(20)21)9-13-10-19(6-7-23-13)17(22)15-8-12-4-2-3-5-14(12)24-15/h2-5,13,15H,6-11H2,1H3,(H,20,21). The Labute approximate surface area is 140 Å². The highest BCUT2D eigenvalue weighted by molar-refractivity contribution is 5.82. The van der Waals surface area contributed by atoms with Gasteiger partial charge < -0.3 is 19.5 Å². The maximum Gasteiger partial charge on any atom is 0.317 e. The van der Waals surface area contributed by atoms with Crippen molar-refractivity contribution < 1.29 is 24.2 Å². The highest BCUT2D eigenvalue weighted by Crippen LogP contribution is 2.29. The van der Waals surface area contributed by atoms with Gasteiger partial charge in [0, 0.05) is 26.1 Å². The van der Waals surface area contributed by atoms with Crippen molar-refractivity contribution in [2.45, 2.75) is 18.6 Å². The van der Waals surface area contributed by atoms with Crippen molar-refractivity contribution in [2.24, 2.45) is 0 Å². The largest absolute Gasteiger partial charge is 0.480 e. The second kappa shape index (κ2) is 7.19. The number of ether oxygens (including phenoxy) is 2. The van der Waals surface area contributed by atoms with E-state index in [2.05, 4.69) is 0 Å². The van der Waals surface area contributed by atoms with Gasteiger partial charge in [0.15, 0.2) is 6.10 Å². The third kappa shape index (κ3) is 3.85. The van der Waals surface area contributed by atoms with Gasteiger partial charge in [0.1, 0.15) is 5.75 Å². The van der Waals surface area contributed by atoms with Crippen molar-refractivity contribution in [3.63, 3.8) is 0 Å². The Morgan fingerprint density at radius 1 is 1.38 bits per heavy atom. The van der Waals surface area contributed by atoms with Gasteiger partial charge in [-0.2, -0.15) is 0 Å². The molecule has 0 aliphatic carbocycles. The van der Waals surface area contributed by atoms with Gasteiger partial charge in [-0.05, 0) is 18.7 Å². The molecule has 2 heterocycles. The molecule has 130 valence electrons. The molecule has 24 heavy (non-hydrogen) atoms. The first kappa shape index (κ1) is 16.7. The molecule has 1 N–H and O–H groups in total. The predicted octanol–water partition coefficient (Wildman–Crippen LogP) is 0.234. The zero-order valence-corrected chi connectivity index (χ0v) is 13.7. The van der Waals surface area contributed by atoms with Crippen LogP contribution in [-0.2, 0) is 20.7 Å². The third-order valence-electron chi connectivity index (χ3n) is 4.29. The second-order valence-corrected chi connectivity index (χ2v) is 6.29. The van der Waals surface area contributed by atoms with E-state index in [-0.39, 0.29) is 18.6 Å². The van der Waals surface area contributed by atoms with Crippen molar-refractivity contribution in [2.75, 3.05) is 39.8 Å². The van der Waals surface area contributed by atoms with Crippen LogP contribution in [0.5, 0.6) is 5.75 Å². The zero-order chi connectivity index (χ0) is 17.1. The number of carbonyl (C=O) groups is 2. The lowest BCUT2D eigenvalue weighted by atomic mass is 10.1. The van der Waals surface area contributed by atoms with E-state index in [1.54, 1.807) is 16.8 Å². The SMILES string of the molecule is CN(CC(=O)O)CC1CN(C(=O)C2Cc3ccccc3O2)CCO1. The number of carboxylic acids is 1. The van der Waals surface area contributed by atoms with Crippen molar-refractivity contribution >= 4 is 11.9 Å². The van der Waals surface area contributed by atoms with Gasteiger partial charge in [0.05, 0.1) is 19.3 Å². The Bertz CT molecular complexity index is 596. The lowest BCUT2D eigenvalue weighted by Crippen LogP contribution is -2.52. The summed E-state index contributed by atoms with van der Waals surface area (Å²) in [5.74, 6) is -0.124. The van der Waals surface area contributed by atoms with Crippen molar-refractivity contribution in [1.29, 1.82) is 0 Å². The van der Waals surface area contributed by atoms with Crippen molar-refractivity contribution in [1.82, 2.24) is 9.80 Å². The summed E-state index contributed by atoms with van der Waals surface area (Å²) in [6.45, 7) is 1.88. The van der Waals surface area contributed by atoms with Crippen LogP contribution in [-0.4, -0.2) is 78.8 Å². The van der Waals surface area contributed by atoms with E-state index >= 15 is 0 Å². The Kier molecular flexibility index (Phi) is 5.01. The van der Waals surface area contributed by atoms with Gasteiger partial charge in [-0.25, -0.2) is 0 Å². The van der Waals surface area contributed by atoms with Gasteiger partial charge in [-0.3, -0.25) is 14.5 Å². The number of benzene rings is 1. The highest BCUT2D eigenvalue weighted by Gasteiger charge is 2.34. The molecule has 0 radical (unpaired) electrons. The Morgan fingerprint density at radius 3 is 2.92 bits per heavy atom. The Hall–Kier alpha value is -2.12. The van der Waals surface area contributed by atoms with Crippen molar-refractivity contribution in [3.05, 3.63) is 29.8 Å². The van der Waals surface area contributed by atoms with Crippen LogP contribution in [0.1, 0.15) is 5.56 Å². The number of carboxylic acid groups (broad SMARTS) is 1. The summed E-state index contributed by atoms with van der Waals surface area (Å²) < 4.78 is 11.4. The Balaban J connectivity index is 1.55. The summed E-state index contributed by atoms with van der Waals surface area (Å²) in [6, 6.07) is 7.70. The minimum Gasteiger partial charge on any atom is -0.480 e. The molecule has 7 heteroatoms. The molecule has 7 nitrogen and oxygen atoms in total. The number of carbonyl (C=O) groups excluding carboxylic acids is 1. The van der Waals surface area contributed by atoms with Crippen LogP contribution in [0.15, 0.2) is 24.3 Å². The molecule has 0 saturated carbocycles. The van der Waals surface area contributed by atoms with E-state index in [1.165, 1.54) is 0 Å². The molecule has 2 aliphatic heterocycles. The average Bonchev–Trinajstić information content (AvgIpc) is 2.97. The molecule has 1 aromatic carbocycles. The minimum absolute atomic E-state index is 0.0274. The number of morpholine rings is 1. The van der Waals surface area contributed by atoms with Gasteiger partial charge in [0.2, 0.25) is 0 Å². The first-order chi connectivity index (χ1) is 11.5. The molecule has 1 amide bonds. The monoisotopic (exact) mass is 334 g/mol. The molecule has 3 rings (SSSR count). The number of hydrogen-bond acceptors (Lipinski definition) is 5. The van der Waals surface area contributed by atoms with Crippen LogP contribution >= 0.6 is 0 Å². The quantitative estimate of drug-likeness (QED) is 0.831. The maximum atomic E-state index is 12.7. The molecule has 0 bridgehead atoms. The fraction of sp³-hybridized carbons (Fsp3) is 0.529. The third-order valence-corrected chi connectivity index (χ3v) is 4.29. The van der Waals surface area contributed by atoms with Crippen LogP contribution in [0, 0.1) is 0 Å². The van der Waals surface area contributed by atoms with Gasteiger partial charge >= 0.3 is 5.97 Å². The first-order valence-corrected chi connectivity index (χ1v) is 8.08. The normalized spacial score (nSPS) is 23.0.